The van der Waals surface area contributed by atoms with Crippen molar-refractivity contribution in [2.45, 2.75) is 20.3 Å². The zero-order chi connectivity index (χ0) is 13.1. The predicted molar refractivity (Wildman–Crippen MR) is 67.0 cm³/mol. The van der Waals surface area contributed by atoms with Gasteiger partial charge in [0.25, 0.3) is 0 Å². The number of anilines is 1. The van der Waals surface area contributed by atoms with Gasteiger partial charge in [-0.05, 0) is 25.5 Å². The van der Waals surface area contributed by atoms with Crippen molar-refractivity contribution in [3.63, 3.8) is 0 Å². The third kappa shape index (κ3) is 2.74. The van der Waals surface area contributed by atoms with Crippen molar-refractivity contribution in [2.75, 3.05) is 5.73 Å². The molecule has 0 amide bonds. The first-order valence-corrected chi connectivity index (χ1v) is 5.66. The monoisotopic (exact) mass is 247 g/mol. The van der Waals surface area contributed by atoms with Crippen LogP contribution in [0.15, 0.2) is 24.3 Å². The Hall–Kier alpha value is -2.17. The number of hydrogen-bond acceptors (Lipinski definition) is 4. The van der Waals surface area contributed by atoms with E-state index < -0.39 is 5.82 Å². The van der Waals surface area contributed by atoms with Crippen LogP contribution in [-0.4, -0.2) is 9.97 Å². The number of nitrogens with two attached hydrogens (primary N) is 1. The highest BCUT2D eigenvalue weighted by atomic mass is 19.1. The van der Waals surface area contributed by atoms with Crippen LogP contribution in [0.2, 0.25) is 0 Å². The predicted octanol–water partition coefficient (Wildman–Crippen LogP) is 2.86. The van der Waals surface area contributed by atoms with Crippen LogP contribution in [0.1, 0.15) is 18.4 Å². The number of nitrogens with zero attached hydrogens (tertiary/aromatic N) is 2. The number of hydrogen-bond donors (Lipinski definition) is 1. The van der Waals surface area contributed by atoms with Crippen LogP contribution in [0.25, 0.3) is 0 Å². The van der Waals surface area contributed by atoms with E-state index >= 15 is 0 Å². The summed E-state index contributed by atoms with van der Waals surface area (Å²) >= 11 is 0. The van der Waals surface area contributed by atoms with Crippen molar-refractivity contribution in [1.82, 2.24) is 9.97 Å². The fraction of sp³-hybridized carbons (Fsp3) is 0.231. The molecule has 0 aliphatic heterocycles. The van der Waals surface area contributed by atoms with E-state index in [4.69, 9.17) is 10.5 Å². The maximum Gasteiger partial charge on any atom is 0.222 e. The van der Waals surface area contributed by atoms with Gasteiger partial charge < -0.3 is 10.5 Å². The van der Waals surface area contributed by atoms with Gasteiger partial charge in [0.2, 0.25) is 5.88 Å². The summed E-state index contributed by atoms with van der Waals surface area (Å²) < 4.78 is 18.5. The number of aryl methyl sites for hydroxylation is 2. The third-order valence-corrected chi connectivity index (χ3v) is 2.42. The number of rotatable bonds is 3. The van der Waals surface area contributed by atoms with Gasteiger partial charge in [0.05, 0.1) is 5.69 Å². The lowest BCUT2D eigenvalue weighted by Crippen LogP contribution is -1.99. The zero-order valence-electron chi connectivity index (χ0n) is 10.3. The molecule has 0 unspecified atom stereocenters. The fourth-order valence-corrected chi connectivity index (χ4v) is 1.56. The summed E-state index contributed by atoms with van der Waals surface area (Å²) in [6, 6.07) is 5.73. The maximum atomic E-state index is 12.9. The van der Waals surface area contributed by atoms with E-state index in [1.54, 1.807) is 13.0 Å². The second-order valence-corrected chi connectivity index (χ2v) is 3.88. The molecule has 0 radical (unpaired) electrons. The lowest BCUT2D eigenvalue weighted by atomic mass is 10.3. The lowest BCUT2D eigenvalue weighted by Gasteiger charge is -2.09. The summed E-state index contributed by atoms with van der Waals surface area (Å²) in [5, 5.41) is 0. The second-order valence-electron chi connectivity index (χ2n) is 3.88. The van der Waals surface area contributed by atoms with E-state index in [1.165, 1.54) is 18.2 Å². The van der Waals surface area contributed by atoms with E-state index in [9.17, 15) is 4.39 Å². The highest BCUT2D eigenvalue weighted by Crippen LogP contribution is 2.27. The number of benzene rings is 1. The summed E-state index contributed by atoms with van der Waals surface area (Å²) in [4.78, 5) is 8.41. The summed E-state index contributed by atoms with van der Waals surface area (Å²) in [5.41, 5.74) is 6.80. The molecule has 0 fully saturated rings. The van der Waals surface area contributed by atoms with Crippen LogP contribution >= 0.6 is 0 Å². The molecule has 1 heterocycles. The molecule has 0 spiro atoms. The second kappa shape index (κ2) is 5.00. The fourth-order valence-electron chi connectivity index (χ4n) is 1.56. The van der Waals surface area contributed by atoms with Gasteiger partial charge in [-0.1, -0.05) is 6.92 Å². The topological polar surface area (TPSA) is 61.0 Å². The minimum absolute atomic E-state index is 0.240. The molecule has 5 heteroatoms. The van der Waals surface area contributed by atoms with Gasteiger partial charge >= 0.3 is 0 Å². The van der Waals surface area contributed by atoms with Crippen molar-refractivity contribution >= 4 is 5.69 Å². The number of ether oxygens (including phenoxy) is 1. The van der Waals surface area contributed by atoms with Crippen LogP contribution in [0.4, 0.5) is 10.1 Å². The molecule has 0 saturated carbocycles. The summed E-state index contributed by atoms with van der Waals surface area (Å²) in [7, 11) is 0. The van der Waals surface area contributed by atoms with Crippen LogP contribution in [0, 0.1) is 12.7 Å². The highest BCUT2D eigenvalue weighted by molar-refractivity contribution is 5.53. The van der Waals surface area contributed by atoms with E-state index in [0.717, 1.165) is 12.1 Å². The van der Waals surface area contributed by atoms with Gasteiger partial charge in [-0.15, -0.1) is 0 Å². The molecular weight excluding hydrogens is 233 g/mol. The largest absolute Gasteiger partial charge is 0.437 e. The van der Waals surface area contributed by atoms with Crippen LogP contribution in [-0.2, 0) is 6.42 Å². The smallest absolute Gasteiger partial charge is 0.222 e. The summed E-state index contributed by atoms with van der Waals surface area (Å²) in [6.07, 6.45) is 0.790. The Balaban J connectivity index is 2.30. The molecule has 94 valence electrons. The summed E-state index contributed by atoms with van der Waals surface area (Å²) in [6.45, 7) is 3.79. The maximum absolute atomic E-state index is 12.9. The van der Waals surface area contributed by atoms with E-state index in [-0.39, 0.29) is 5.69 Å². The van der Waals surface area contributed by atoms with Crippen molar-refractivity contribution in [1.29, 1.82) is 0 Å². The SMILES string of the molecule is CCc1cc(Oc2ccc(F)cc2N)nc(C)n1. The van der Waals surface area contributed by atoms with Gasteiger partial charge in [0, 0.05) is 17.8 Å². The minimum Gasteiger partial charge on any atom is -0.437 e. The molecule has 1 aromatic carbocycles. The quantitative estimate of drug-likeness (QED) is 0.847. The molecular formula is C13H14FN3O. The van der Waals surface area contributed by atoms with E-state index in [2.05, 4.69) is 9.97 Å². The number of aromatic nitrogens is 2. The van der Waals surface area contributed by atoms with Gasteiger partial charge in [-0.2, -0.15) is 4.98 Å². The van der Waals surface area contributed by atoms with Crippen molar-refractivity contribution in [2.24, 2.45) is 0 Å². The molecule has 18 heavy (non-hydrogen) atoms. The van der Waals surface area contributed by atoms with Crippen LogP contribution < -0.4 is 10.5 Å². The Morgan fingerprint density at radius 3 is 2.72 bits per heavy atom. The van der Waals surface area contributed by atoms with Gasteiger partial charge in [0.15, 0.2) is 5.75 Å². The van der Waals surface area contributed by atoms with Crippen molar-refractivity contribution in [3.8, 4) is 11.6 Å². The Morgan fingerprint density at radius 1 is 1.28 bits per heavy atom. The van der Waals surface area contributed by atoms with Crippen LogP contribution in [0.5, 0.6) is 11.6 Å². The minimum atomic E-state index is -0.395. The first-order chi connectivity index (χ1) is 8.58. The van der Waals surface area contributed by atoms with Gasteiger partial charge in [-0.25, -0.2) is 9.37 Å². The molecule has 0 saturated heterocycles. The molecule has 4 nitrogen and oxygen atoms in total. The van der Waals surface area contributed by atoms with E-state index in [1.807, 2.05) is 6.92 Å². The molecule has 2 N–H and O–H groups in total. The average molecular weight is 247 g/mol. The first kappa shape index (κ1) is 12.3. The summed E-state index contributed by atoms with van der Waals surface area (Å²) in [5.74, 6) is 1.03. The normalized spacial score (nSPS) is 10.4. The molecule has 2 rings (SSSR count). The van der Waals surface area contributed by atoms with Gasteiger partial charge in [0.1, 0.15) is 11.6 Å². The first-order valence-electron chi connectivity index (χ1n) is 5.66. The van der Waals surface area contributed by atoms with E-state index in [0.29, 0.717) is 17.5 Å². The highest BCUT2D eigenvalue weighted by Gasteiger charge is 2.06. The standard InChI is InChI=1S/C13H14FN3O/c1-3-10-7-13(17-8(2)16-10)18-12-5-4-9(14)6-11(12)15/h4-7H,3,15H2,1-2H3. The lowest BCUT2D eigenvalue weighted by molar-refractivity contribution is 0.459. The van der Waals surface area contributed by atoms with Crippen LogP contribution in [0.3, 0.4) is 0 Å². The Morgan fingerprint density at radius 2 is 2.06 bits per heavy atom. The Bertz CT molecular complexity index is 572. The average Bonchev–Trinajstić information content (AvgIpc) is 2.32. The molecule has 2 aromatic rings. The zero-order valence-corrected chi connectivity index (χ0v) is 10.3. The molecule has 0 aliphatic rings. The van der Waals surface area contributed by atoms with Gasteiger partial charge in [-0.3, -0.25) is 0 Å². The molecule has 1 aromatic heterocycles. The Labute approximate surface area is 105 Å². The third-order valence-electron chi connectivity index (χ3n) is 2.42. The van der Waals surface area contributed by atoms with Crippen molar-refractivity contribution < 1.29 is 9.13 Å². The van der Waals surface area contributed by atoms with Crippen molar-refractivity contribution in [3.05, 3.63) is 41.6 Å². The number of halogens is 1. The molecule has 0 atom stereocenters. The Kier molecular flexibility index (Phi) is 3.41. The molecule has 0 aliphatic carbocycles. The number of nitrogen functional groups attached to an aromatic ring is 1. The molecule has 0 bridgehead atoms.